The van der Waals surface area contributed by atoms with E-state index in [1.807, 2.05) is 31.4 Å². The second kappa shape index (κ2) is 6.91. The van der Waals surface area contributed by atoms with Crippen LogP contribution < -0.4 is 5.32 Å². The first-order chi connectivity index (χ1) is 10.0. The molecule has 0 saturated carbocycles. The number of anilines is 1. The Hall–Kier alpha value is -1.59. The Morgan fingerprint density at radius 3 is 2.95 bits per heavy atom. The van der Waals surface area contributed by atoms with Gasteiger partial charge in [-0.15, -0.1) is 11.3 Å². The van der Waals surface area contributed by atoms with Gasteiger partial charge in [0.2, 0.25) is 0 Å². The van der Waals surface area contributed by atoms with E-state index in [2.05, 4.69) is 10.3 Å². The van der Waals surface area contributed by atoms with Crippen molar-refractivity contribution in [3.63, 3.8) is 0 Å². The molecule has 0 radical (unpaired) electrons. The van der Waals surface area contributed by atoms with E-state index in [1.165, 1.54) is 6.20 Å². The third-order valence-corrected chi connectivity index (χ3v) is 4.64. The van der Waals surface area contributed by atoms with Crippen molar-refractivity contribution in [2.24, 2.45) is 0 Å². The van der Waals surface area contributed by atoms with Crippen LogP contribution in [0.3, 0.4) is 0 Å². The molecule has 0 aliphatic heterocycles. The molecule has 6 heteroatoms. The molecule has 0 saturated heterocycles. The minimum atomic E-state index is -0.109. The Morgan fingerprint density at radius 1 is 1.57 bits per heavy atom. The van der Waals surface area contributed by atoms with Crippen LogP contribution in [-0.2, 0) is 0 Å². The zero-order chi connectivity index (χ0) is 15.4. The van der Waals surface area contributed by atoms with Crippen LogP contribution in [0.2, 0.25) is 5.02 Å². The Balaban J connectivity index is 2.24. The van der Waals surface area contributed by atoms with Gasteiger partial charge < -0.3 is 10.2 Å². The largest absolute Gasteiger partial charge is 0.370 e. The second-order valence-electron chi connectivity index (χ2n) is 4.69. The van der Waals surface area contributed by atoms with Crippen molar-refractivity contribution in [2.75, 3.05) is 18.9 Å². The summed E-state index contributed by atoms with van der Waals surface area (Å²) in [5.74, 6) is 0.546. The quantitative estimate of drug-likeness (QED) is 0.902. The summed E-state index contributed by atoms with van der Waals surface area (Å²) >= 11 is 7.77. The molecule has 2 rings (SSSR count). The zero-order valence-electron chi connectivity index (χ0n) is 12.3. The maximum absolute atomic E-state index is 12.6. The summed E-state index contributed by atoms with van der Waals surface area (Å²) in [7, 11) is 1.79. The topological polar surface area (TPSA) is 45.2 Å². The molecule has 0 fully saturated rings. The minimum absolute atomic E-state index is 0.00400. The van der Waals surface area contributed by atoms with Crippen LogP contribution in [0, 0.1) is 0 Å². The van der Waals surface area contributed by atoms with Crippen LogP contribution in [-0.4, -0.2) is 29.4 Å². The number of pyridine rings is 1. The van der Waals surface area contributed by atoms with Gasteiger partial charge >= 0.3 is 0 Å². The number of halogens is 1. The first-order valence-electron chi connectivity index (χ1n) is 6.74. The van der Waals surface area contributed by atoms with Gasteiger partial charge in [0, 0.05) is 24.7 Å². The van der Waals surface area contributed by atoms with Crippen LogP contribution in [0.15, 0.2) is 29.8 Å². The van der Waals surface area contributed by atoms with Crippen molar-refractivity contribution in [3.05, 3.63) is 45.2 Å². The lowest BCUT2D eigenvalue weighted by molar-refractivity contribution is 0.0745. The molecule has 1 unspecified atom stereocenters. The molecule has 0 bridgehead atoms. The third-order valence-electron chi connectivity index (χ3n) is 3.30. The van der Waals surface area contributed by atoms with E-state index in [4.69, 9.17) is 11.6 Å². The summed E-state index contributed by atoms with van der Waals surface area (Å²) in [6, 6.07) is 5.71. The van der Waals surface area contributed by atoms with Gasteiger partial charge in [-0.2, -0.15) is 0 Å². The summed E-state index contributed by atoms with van der Waals surface area (Å²) in [6.07, 6.45) is 1.51. The highest BCUT2D eigenvalue weighted by Crippen LogP contribution is 2.27. The van der Waals surface area contributed by atoms with Gasteiger partial charge in [0.1, 0.15) is 5.82 Å². The van der Waals surface area contributed by atoms with Crippen LogP contribution in [0.1, 0.15) is 35.1 Å². The van der Waals surface area contributed by atoms with Crippen molar-refractivity contribution >= 4 is 34.7 Å². The fraction of sp³-hybridized carbons (Fsp3) is 0.333. The number of nitrogens with zero attached hydrogens (tertiary/aromatic N) is 2. The van der Waals surface area contributed by atoms with Gasteiger partial charge in [-0.1, -0.05) is 17.7 Å². The molecule has 1 atom stereocenters. The maximum Gasteiger partial charge on any atom is 0.255 e. The average Bonchev–Trinajstić information content (AvgIpc) is 3.01. The van der Waals surface area contributed by atoms with E-state index in [1.54, 1.807) is 29.4 Å². The van der Waals surface area contributed by atoms with Gasteiger partial charge in [0.05, 0.1) is 16.6 Å². The van der Waals surface area contributed by atoms with Gasteiger partial charge in [-0.25, -0.2) is 4.98 Å². The van der Waals surface area contributed by atoms with Crippen LogP contribution in [0.25, 0.3) is 0 Å². The molecule has 0 aliphatic carbocycles. The summed E-state index contributed by atoms with van der Waals surface area (Å²) in [5.41, 5.74) is 0.466. The number of nitrogens with one attached hydrogen (secondary N) is 1. The fourth-order valence-corrected chi connectivity index (χ4v) is 2.98. The Labute approximate surface area is 133 Å². The molecule has 0 aliphatic rings. The first kappa shape index (κ1) is 15.8. The molecule has 1 N–H and O–H groups in total. The van der Waals surface area contributed by atoms with Crippen LogP contribution in [0.5, 0.6) is 0 Å². The lowest BCUT2D eigenvalue weighted by Gasteiger charge is -2.24. The van der Waals surface area contributed by atoms with Crippen molar-refractivity contribution in [1.82, 2.24) is 9.88 Å². The first-order valence-corrected chi connectivity index (χ1v) is 8.00. The zero-order valence-corrected chi connectivity index (χ0v) is 13.8. The van der Waals surface area contributed by atoms with Crippen LogP contribution >= 0.6 is 22.9 Å². The Bertz CT molecular complexity index is 615. The molecular formula is C15H18ClN3OS. The second-order valence-corrected chi connectivity index (χ2v) is 6.07. The molecular weight excluding hydrogens is 306 g/mol. The van der Waals surface area contributed by atoms with Crippen molar-refractivity contribution in [1.29, 1.82) is 0 Å². The fourth-order valence-electron chi connectivity index (χ4n) is 1.97. The number of amides is 1. The molecule has 1 amide bonds. The van der Waals surface area contributed by atoms with E-state index in [-0.39, 0.29) is 11.9 Å². The standard InChI is InChI=1S/C15H18ClN3OS/c1-4-17-14-8-11(12(16)9-18-14)15(20)19(3)10(2)13-6-5-7-21-13/h5-10H,4H2,1-3H3,(H,17,18). The predicted octanol–water partition coefficient (Wildman–Crippen LogP) is 4.06. The smallest absolute Gasteiger partial charge is 0.255 e. The minimum Gasteiger partial charge on any atom is -0.370 e. The highest BCUT2D eigenvalue weighted by Gasteiger charge is 2.22. The number of carbonyl (C=O) groups excluding carboxylic acids is 1. The Morgan fingerprint density at radius 2 is 2.33 bits per heavy atom. The molecule has 4 nitrogen and oxygen atoms in total. The number of thiophene rings is 1. The Kier molecular flexibility index (Phi) is 5.20. The molecule has 21 heavy (non-hydrogen) atoms. The van der Waals surface area contributed by atoms with Gasteiger partial charge in [-0.3, -0.25) is 4.79 Å². The van der Waals surface area contributed by atoms with Crippen molar-refractivity contribution < 1.29 is 4.79 Å². The molecule has 0 spiro atoms. The van der Waals surface area contributed by atoms with Crippen molar-refractivity contribution in [3.8, 4) is 0 Å². The van der Waals surface area contributed by atoms with E-state index in [9.17, 15) is 4.79 Å². The number of hydrogen-bond donors (Lipinski definition) is 1. The lowest BCUT2D eigenvalue weighted by Crippen LogP contribution is -2.29. The van der Waals surface area contributed by atoms with Gasteiger partial charge in [0.15, 0.2) is 0 Å². The summed E-state index contributed by atoms with van der Waals surface area (Å²) < 4.78 is 0. The number of hydrogen-bond acceptors (Lipinski definition) is 4. The SMILES string of the molecule is CCNc1cc(C(=O)N(C)C(C)c2cccs2)c(Cl)cn1. The predicted molar refractivity (Wildman–Crippen MR) is 88.2 cm³/mol. The van der Waals surface area contributed by atoms with E-state index in [0.29, 0.717) is 16.4 Å². The highest BCUT2D eigenvalue weighted by molar-refractivity contribution is 7.10. The van der Waals surface area contributed by atoms with E-state index >= 15 is 0 Å². The van der Waals surface area contributed by atoms with E-state index in [0.717, 1.165) is 11.4 Å². The molecule has 2 aromatic rings. The number of aromatic nitrogens is 1. The van der Waals surface area contributed by atoms with Gasteiger partial charge in [0.25, 0.3) is 5.91 Å². The summed E-state index contributed by atoms with van der Waals surface area (Å²) in [5, 5.41) is 5.46. The van der Waals surface area contributed by atoms with E-state index < -0.39 is 0 Å². The number of rotatable bonds is 5. The van der Waals surface area contributed by atoms with Crippen LogP contribution in [0.4, 0.5) is 5.82 Å². The lowest BCUT2D eigenvalue weighted by atomic mass is 10.2. The maximum atomic E-state index is 12.6. The summed E-state index contributed by atoms with van der Waals surface area (Å²) in [4.78, 5) is 19.6. The third kappa shape index (κ3) is 3.54. The molecule has 0 aromatic carbocycles. The monoisotopic (exact) mass is 323 g/mol. The molecule has 112 valence electrons. The summed E-state index contributed by atoms with van der Waals surface area (Å²) in [6.45, 7) is 4.72. The van der Waals surface area contributed by atoms with Crippen molar-refractivity contribution in [2.45, 2.75) is 19.9 Å². The molecule has 2 aromatic heterocycles. The molecule has 2 heterocycles. The normalized spacial score (nSPS) is 12.0. The highest BCUT2D eigenvalue weighted by atomic mass is 35.5. The average molecular weight is 324 g/mol. The van der Waals surface area contributed by atoms with Gasteiger partial charge in [-0.05, 0) is 31.4 Å². The number of carbonyl (C=O) groups is 1.